The van der Waals surface area contributed by atoms with Crippen molar-refractivity contribution in [3.8, 4) is 5.88 Å². The van der Waals surface area contributed by atoms with Crippen LogP contribution in [0, 0.1) is 0 Å². The Kier molecular flexibility index (Phi) is 3.77. The molecule has 0 aliphatic carbocycles. The minimum atomic E-state index is -4.48. The Morgan fingerprint density at radius 3 is 2.71 bits per heavy atom. The average Bonchev–Trinajstić information content (AvgIpc) is 2.26. The highest BCUT2D eigenvalue weighted by molar-refractivity contribution is 5.95. The van der Waals surface area contributed by atoms with Crippen LogP contribution in [0.25, 0.3) is 0 Å². The van der Waals surface area contributed by atoms with Crippen LogP contribution in [0.3, 0.4) is 0 Å². The number of anilines is 1. The van der Waals surface area contributed by atoms with E-state index in [4.69, 9.17) is 5.73 Å². The predicted molar refractivity (Wildman–Crippen MR) is 51.5 cm³/mol. The van der Waals surface area contributed by atoms with Crippen molar-refractivity contribution in [3.05, 3.63) is 17.8 Å². The molecule has 0 atom stereocenters. The van der Waals surface area contributed by atoms with Gasteiger partial charge in [0.2, 0.25) is 5.88 Å². The van der Waals surface area contributed by atoms with E-state index in [0.29, 0.717) is 0 Å². The van der Waals surface area contributed by atoms with Gasteiger partial charge in [-0.1, -0.05) is 0 Å². The monoisotopic (exact) mass is 250 g/mol. The van der Waals surface area contributed by atoms with Crippen molar-refractivity contribution in [2.24, 2.45) is 0 Å². The number of rotatable bonds is 3. The number of hydrogen-bond donors (Lipinski definition) is 1. The molecule has 1 aromatic heterocycles. The topological polar surface area (TPSA) is 74.4 Å². The smallest absolute Gasteiger partial charge is 0.422 e. The third kappa shape index (κ3) is 3.82. The fourth-order valence-corrected chi connectivity index (χ4v) is 0.968. The van der Waals surface area contributed by atoms with Crippen LogP contribution in [-0.2, 0) is 4.74 Å². The van der Waals surface area contributed by atoms with Crippen LogP contribution in [0.15, 0.2) is 12.3 Å². The molecule has 0 amide bonds. The number of carbonyl (C=O) groups is 1. The molecular weight excluding hydrogens is 241 g/mol. The van der Waals surface area contributed by atoms with E-state index in [-0.39, 0.29) is 17.1 Å². The first-order valence-corrected chi connectivity index (χ1v) is 4.37. The summed E-state index contributed by atoms with van der Waals surface area (Å²) in [7, 11) is 1.12. The molecule has 1 heterocycles. The standard InChI is InChI=1S/C9H9F3N2O3/c1-16-8(15)5-2-7(14-3-6(5)13)17-4-9(10,11)12/h2-3H,4,13H2,1H3. The molecule has 0 radical (unpaired) electrons. The molecular formula is C9H9F3N2O3. The summed E-state index contributed by atoms with van der Waals surface area (Å²) < 4.78 is 44.4. The number of nitrogen functional groups attached to an aromatic ring is 1. The van der Waals surface area contributed by atoms with Gasteiger partial charge in [-0.2, -0.15) is 13.2 Å². The van der Waals surface area contributed by atoms with Gasteiger partial charge in [0.1, 0.15) is 0 Å². The fraction of sp³-hybridized carbons (Fsp3) is 0.333. The minimum Gasteiger partial charge on any atom is -0.468 e. The highest BCUT2D eigenvalue weighted by atomic mass is 19.4. The molecule has 17 heavy (non-hydrogen) atoms. The molecule has 0 aromatic carbocycles. The van der Waals surface area contributed by atoms with E-state index in [0.717, 1.165) is 19.4 Å². The Morgan fingerprint density at radius 2 is 2.18 bits per heavy atom. The van der Waals surface area contributed by atoms with Gasteiger partial charge in [0.05, 0.1) is 24.6 Å². The third-order valence-electron chi connectivity index (χ3n) is 1.70. The molecule has 8 heteroatoms. The van der Waals surface area contributed by atoms with Crippen molar-refractivity contribution in [1.82, 2.24) is 4.98 Å². The van der Waals surface area contributed by atoms with E-state index in [2.05, 4.69) is 14.5 Å². The van der Waals surface area contributed by atoms with Crippen molar-refractivity contribution in [3.63, 3.8) is 0 Å². The quantitative estimate of drug-likeness (QED) is 0.820. The fourth-order valence-electron chi connectivity index (χ4n) is 0.968. The lowest BCUT2D eigenvalue weighted by Crippen LogP contribution is -2.20. The maximum atomic E-state index is 11.9. The van der Waals surface area contributed by atoms with Gasteiger partial charge in [-0.15, -0.1) is 0 Å². The molecule has 0 aliphatic rings. The van der Waals surface area contributed by atoms with Crippen LogP contribution in [0.1, 0.15) is 10.4 Å². The molecule has 5 nitrogen and oxygen atoms in total. The number of carbonyl (C=O) groups excluding carboxylic acids is 1. The van der Waals surface area contributed by atoms with Gasteiger partial charge in [0, 0.05) is 6.07 Å². The lowest BCUT2D eigenvalue weighted by molar-refractivity contribution is -0.154. The van der Waals surface area contributed by atoms with Gasteiger partial charge in [0.25, 0.3) is 0 Å². The van der Waals surface area contributed by atoms with Crippen molar-refractivity contribution in [2.75, 3.05) is 19.5 Å². The predicted octanol–water partition coefficient (Wildman–Crippen LogP) is 1.39. The zero-order valence-electron chi connectivity index (χ0n) is 8.75. The molecule has 0 bridgehead atoms. The Bertz CT molecular complexity index is 420. The molecule has 94 valence electrons. The van der Waals surface area contributed by atoms with Crippen LogP contribution in [-0.4, -0.2) is 30.8 Å². The lowest BCUT2D eigenvalue weighted by Gasteiger charge is -2.09. The summed E-state index contributed by atoms with van der Waals surface area (Å²) in [6, 6.07) is 0.993. The summed E-state index contributed by atoms with van der Waals surface area (Å²) in [6.07, 6.45) is -3.45. The van der Waals surface area contributed by atoms with Crippen molar-refractivity contribution >= 4 is 11.7 Å². The van der Waals surface area contributed by atoms with E-state index >= 15 is 0 Å². The Hall–Kier alpha value is -1.99. The molecule has 1 rings (SSSR count). The van der Waals surface area contributed by atoms with Crippen LogP contribution in [0.5, 0.6) is 5.88 Å². The zero-order chi connectivity index (χ0) is 13.1. The number of hydrogen-bond acceptors (Lipinski definition) is 5. The van der Waals surface area contributed by atoms with Gasteiger partial charge in [-0.3, -0.25) is 0 Å². The number of alkyl halides is 3. The second kappa shape index (κ2) is 4.89. The molecule has 1 aromatic rings. The Balaban J connectivity index is 2.86. The lowest BCUT2D eigenvalue weighted by atomic mass is 10.2. The Morgan fingerprint density at radius 1 is 1.53 bits per heavy atom. The molecule has 0 unspecified atom stereocenters. The number of aromatic nitrogens is 1. The number of nitrogens with two attached hydrogens (primary N) is 1. The van der Waals surface area contributed by atoms with E-state index in [1.807, 2.05) is 0 Å². The van der Waals surface area contributed by atoms with E-state index in [9.17, 15) is 18.0 Å². The molecule has 0 saturated carbocycles. The molecule has 0 saturated heterocycles. The van der Waals surface area contributed by atoms with Crippen molar-refractivity contribution in [2.45, 2.75) is 6.18 Å². The van der Waals surface area contributed by atoms with E-state index in [1.165, 1.54) is 0 Å². The van der Waals surface area contributed by atoms with E-state index in [1.54, 1.807) is 0 Å². The number of esters is 1. The number of ether oxygens (including phenoxy) is 2. The first kappa shape index (κ1) is 13.1. The maximum absolute atomic E-state index is 11.9. The highest BCUT2D eigenvalue weighted by Gasteiger charge is 2.28. The maximum Gasteiger partial charge on any atom is 0.422 e. The Labute approximate surface area is 94.3 Å². The molecule has 0 aliphatic heterocycles. The van der Waals surface area contributed by atoms with Crippen molar-refractivity contribution in [1.29, 1.82) is 0 Å². The van der Waals surface area contributed by atoms with Gasteiger partial charge in [-0.25, -0.2) is 9.78 Å². The second-order valence-electron chi connectivity index (χ2n) is 3.01. The summed E-state index contributed by atoms with van der Waals surface area (Å²) >= 11 is 0. The SMILES string of the molecule is COC(=O)c1cc(OCC(F)(F)F)ncc1N. The number of halogens is 3. The van der Waals surface area contributed by atoms with Crippen LogP contribution >= 0.6 is 0 Å². The summed E-state index contributed by atoms with van der Waals surface area (Å²) in [5.74, 6) is -1.13. The summed E-state index contributed by atoms with van der Waals surface area (Å²) in [6.45, 7) is -1.50. The largest absolute Gasteiger partial charge is 0.468 e. The van der Waals surface area contributed by atoms with Gasteiger partial charge < -0.3 is 15.2 Å². The summed E-state index contributed by atoms with van der Waals surface area (Å²) in [4.78, 5) is 14.7. The van der Waals surface area contributed by atoms with Gasteiger partial charge in [-0.05, 0) is 0 Å². The van der Waals surface area contributed by atoms with Gasteiger partial charge in [0.15, 0.2) is 6.61 Å². The number of pyridine rings is 1. The van der Waals surface area contributed by atoms with Crippen LogP contribution in [0.2, 0.25) is 0 Å². The first-order chi connectivity index (χ1) is 7.83. The van der Waals surface area contributed by atoms with Gasteiger partial charge >= 0.3 is 12.1 Å². The second-order valence-corrected chi connectivity index (χ2v) is 3.01. The van der Waals surface area contributed by atoms with Crippen molar-refractivity contribution < 1.29 is 27.4 Å². The number of methoxy groups -OCH3 is 1. The normalized spacial score (nSPS) is 11.1. The molecule has 0 fully saturated rings. The minimum absolute atomic E-state index is 0.00351. The number of nitrogens with zero attached hydrogens (tertiary/aromatic N) is 1. The summed E-state index contributed by atoms with van der Waals surface area (Å²) in [5.41, 5.74) is 5.31. The molecule has 2 N–H and O–H groups in total. The van der Waals surface area contributed by atoms with Crippen LogP contribution in [0.4, 0.5) is 18.9 Å². The van der Waals surface area contributed by atoms with Crippen LogP contribution < -0.4 is 10.5 Å². The highest BCUT2D eigenvalue weighted by Crippen LogP contribution is 2.20. The zero-order valence-corrected chi connectivity index (χ0v) is 8.75. The average molecular weight is 250 g/mol. The van der Waals surface area contributed by atoms with E-state index < -0.39 is 18.8 Å². The molecule has 0 spiro atoms. The first-order valence-electron chi connectivity index (χ1n) is 4.37. The summed E-state index contributed by atoms with van der Waals surface area (Å²) in [5, 5.41) is 0. The third-order valence-corrected chi connectivity index (χ3v) is 1.70.